The highest BCUT2D eigenvalue weighted by atomic mass is 16.1. The van der Waals surface area contributed by atoms with Crippen LogP contribution in [0.15, 0.2) is 22.8 Å². The van der Waals surface area contributed by atoms with E-state index in [1.165, 1.54) is 17.2 Å². The van der Waals surface area contributed by atoms with Gasteiger partial charge in [0.15, 0.2) is 11.6 Å². The molecule has 0 saturated carbocycles. The van der Waals surface area contributed by atoms with Crippen LogP contribution in [0.25, 0.3) is 0 Å². The first-order valence-electron chi connectivity index (χ1n) is 5.42. The maximum absolute atomic E-state index is 11.9. The van der Waals surface area contributed by atoms with Crippen LogP contribution < -0.4 is 0 Å². The summed E-state index contributed by atoms with van der Waals surface area (Å²) in [5, 5.41) is 0. The van der Waals surface area contributed by atoms with Gasteiger partial charge in [-0.25, -0.2) is 0 Å². The van der Waals surface area contributed by atoms with Crippen molar-refractivity contribution < 1.29 is 9.59 Å². The van der Waals surface area contributed by atoms with Crippen molar-refractivity contribution in [1.29, 1.82) is 0 Å². The van der Waals surface area contributed by atoms with E-state index in [2.05, 4.69) is 13.8 Å². The van der Waals surface area contributed by atoms with E-state index in [0.717, 1.165) is 12.8 Å². The predicted octanol–water partition coefficient (Wildman–Crippen LogP) is 2.45. The molecule has 2 atom stereocenters. The normalized spacial score (nSPS) is 31.5. The Kier molecular flexibility index (Phi) is 2.37. The van der Waals surface area contributed by atoms with E-state index in [0.29, 0.717) is 5.57 Å². The Morgan fingerprint density at radius 2 is 1.53 bits per heavy atom. The Hall–Kier alpha value is -1.18. The molecular formula is C13H16O2. The standard InChI is InChI=1S/C13H16O2/c1-7-4-10-11(5-8(7)2)13(15)9(3)6-12(10)14/h6,10-11H,4-5H2,1-3H3. The minimum absolute atomic E-state index is 0.0776. The maximum Gasteiger partial charge on any atom is 0.162 e. The lowest BCUT2D eigenvalue weighted by atomic mass is 9.69. The molecule has 0 saturated heterocycles. The molecule has 2 aliphatic carbocycles. The zero-order chi connectivity index (χ0) is 11.2. The van der Waals surface area contributed by atoms with E-state index in [1.807, 2.05) is 0 Å². The molecule has 0 bridgehead atoms. The molecule has 2 heteroatoms. The summed E-state index contributed by atoms with van der Waals surface area (Å²) in [6.45, 7) is 5.88. The summed E-state index contributed by atoms with van der Waals surface area (Å²) in [4.78, 5) is 23.7. The van der Waals surface area contributed by atoms with Crippen LogP contribution >= 0.6 is 0 Å². The molecule has 80 valence electrons. The molecular weight excluding hydrogens is 188 g/mol. The van der Waals surface area contributed by atoms with Gasteiger partial charge in [-0.05, 0) is 45.3 Å². The molecule has 0 aliphatic heterocycles. The van der Waals surface area contributed by atoms with E-state index in [4.69, 9.17) is 0 Å². The second-order valence-electron chi connectivity index (χ2n) is 4.78. The zero-order valence-corrected chi connectivity index (χ0v) is 9.46. The van der Waals surface area contributed by atoms with Crippen molar-refractivity contribution in [2.24, 2.45) is 11.8 Å². The lowest BCUT2D eigenvalue weighted by molar-refractivity contribution is -0.130. The molecule has 0 aromatic heterocycles. The number of hydrogen-bond donors (Lipinski definition) is 0. The summed E-state index contributed by atoms with van der Waals surface area (Å²) < 4.78 is 0. The van der Waals surface area contributed by atoms with E-state index >= 15 is 0 Å². The summed E-state index contributed by atoms with van der Waals surface area (Å²) in [5.74, 6) is 0.159. The van der Waals surface area contributed by atoms with Gasteiger partial charge < -0.3 is 0 Å². The predicted molar refractivity (Wildman–Crippen MR) is 58.4 cm³/mol. The Bertz CT molecular complexity index is 399. The highest BCUT2D eigenvalue weighted by Crippen LogP contribution is 2.38. The van der Waals surface area contributed by atoms with E-state index in [1.54, 1.807) is 6.92 Å². The fraction of sp³-hybridized carbons (Fsp3) is 0.538. The monoisotopic (exact) mass is 204 g/mol. The van der Waals surface area contributed by atoms with Gasteiger partial charge in [0.05, 0.1) is 0 Å². The van der Waals surface area contributed by atoms with Crippen LogP contribution in [0, 0.1) is 11.8 Å². The minimum atomic E-state index is -0.0788. The topological polar surface area (TPSA) is 34.1 Å². The van der Waals surface area contributed by atoms with Crippen LogP contribution in [-0.2, 0) is 9.59 Å². The van der Waals surface area contributed by atoms with Gasteiger partial charge in [-0.15, -0.1) is 0 Å². The third-order valence-corrected chi connectivity index (χ3v) is 3.72. The number of fused-ring (bicyclic) bond motifs is 1. The number of carbonyl (C=O) groups is 2. The highest BCUT2D eigenvalue weighted by molar-refractivity contribution is 6.10. The van der Waals surface area contributed by atoms with E-state index in [-0.39, 0.29) is 23.4 Å². The molecule has 0 fully saturated rings. The molecule has 0 N–H and O–H groups in total. The first-order chi connectivity index (χ1) is 7.00. The summed E-state index contributed by atoms with van der Waals surface area (Å²) in [7, 11) is 0. The third-order valence-electron chi connectivity index (χ3n) is 3.72. The average Bonchev–Trinajstić information content (AvgIpc) is 2.18. The number of ketones is 2. The molecule has 0 aromatic carbocycles. The summed E-state index contributed by atoms with van der Waals surface area (Å²) in [5.41, 5.74) is 3.20. The van der Waals surface area contributed by atoms with Gasteiger partial charge in [-0.2, -0.15) is 0 Å². The van der Waals surface area contributed by atoms with Gasteiger partial charge in [0.25, 0.3) is 0 Å². The molecule has 2 unspecified atom stereocenters. The molecule has 0 aromatic rings. The van der Waals surface area contributed by atoms with E-state index in [9.17, 15) is 9.59 Å². The van der Waals surface area contributed by atoms with Crippen LogP contribution in [0.5, 0.6) is 0 Å². The van der Waals surface area contributed by atoms with Gasteiger partial charge in [-0.3, -0.25) is 9.59 Å². The third kappa shape index (κ3) is 1.58. The van der Waals surface area contributed by atoms with Crippen molar-refractivity contribution in [1.82, 2.24) is 0 Å². The number of carbonyl (C=O) groups excluding carboxylic acids is 2. The van der Waals surface area contributed by atoms with Gasteiger partial charge in [-0.1, -0.05) is 11.1 Å². The Labute approximate surface area is 90.1 Å². The van der Waals surface area contributed by atoms with Crippen LogP contribution in [0.3, 0.4) is 0 Å². The summed E-state index contributed by atoms with van der Waals surface area (Å²) in [6, 6.07) is 0. The molecule has 2 rings (SSSR count). The largest absolute Gasteiger partial charge is 0.294 e. The van der Waals surface area contributed by atoms with Crippen LogP contribution in [0.4, 0.5) is 0 Å². The fourth-order valence-corrected chi connectivity index (χ4v) is 2.55. The molecule has 2 aliphatic rings. The second kappa shape index (κ2) is 3.44. The number of rotatable bonds is 0. The smallest absolute Gasteiger partial charge is 0.162 e. The van der Waals surface area contributed by atoms with Gasteiger partial charge in [0.1, 0.15) is 0 Å². The first-order valence-corrected chi connectivity index (χ1v) is 5.42. The summed E-state index contributed by atoms with van der Waals surface area (Å²) >= 11 is 0. The van der Waals surface area contributed by atoms with Crippen LogP contribution in [-0.4, -0.2) is 11.6 Å². The molecule has 15 heavy (non-hydrogen) atoms. The SMILES string of the molecule is CC1=CC(=O)C2CC(C)=C(C)CC2C1=O. The highest BCUT2D eigenvalue weighted by Gasteiger charge is 2.39. The van der Waals surface area contributed by atoms with Gasteiger partial charge in [0, 0.05) is 11.8 Å². The number of hydrogen-bond acceptors (Lipinski definition) is 2. The van der Waals surface area contributed by atoms with Crippen molar-refractivity contribution in [3.05, 3.63) is 22.8 Å². The molecule has 0 heterocycles. The Morgan fingerprint density at radius 3 is 2.13 bits per heavy atom. The Morgan fingerprint density at radius 1 is 1.00 bits per heavy atom. The van der Waals surface area contributed by atoms with Crippen molar-refractivity contribution in [2.45, 2.75) is 33.6 Å². The van der Waals surface area contributed by atoms with Crippen LogP contribution in [0.2, 0.25) is 0 Å². The molecule has 2 nitrogen and oxygen atoms in total. The molecule has 0 amide bonds. The minimum Gasteiger partial charge on any atom is -0.294 e. The second-order valence-corrected chi connectivity index (χ2v) is 4.78. The molecule has 0 spiro atoms. The van der Waals surface area contributed by atoms with Crippen molar-refractivity contribution in [2.75, 3.05) is 0 Å². The lowest BCUT2D eigenvalue weighted by Crippen LogP contribution is -2.36. The first kappa shape index (κ1) is 10.3. The number of allylic oxidation sites excluding steroid dienone is 4. The fourth-order valence-electron chi connectivity index (χ4n) is 2.55. The maximum atomic E-state index is 11.9. The average molecular weight is 204 g/mol. The zero-order valence-electron chi connectivity index (χ0n) is 9.46. The quantitative estimate of drug-likeness (QED) is 0.568. The van der Waals surface area contributed by atoms with Gasteiger partial charge in [0.2, 0.25) is 0 Å². The van der Waals surface area contributed by atoms with Crippen molar-refractivity contribution >= 4 is 11.6 Å². The Balaban J connectivity index is 2.38. The van der Waals surface area contributed by atoms with Gasteiger partial charge >= 0.3 is 0 Å². The molecule has 0 radical (unpaired) electrons. The van der Waals surface area contributed by atoms with Crippen LogP contribution in [0.1, 0.15) is 33.6 Å². The van der Waals surface area contributed by atoms with E-state index < -0.39 is 0 Å². The lowest BCUT2D eigenvalue weighted by Gasteiger charge is -2.33. The summed E-state index contributed by atoms with van der Waals surface area (Å²) in [6.07, 6.45) is 3.06. The van der Waals surface area contributed by atoms with Crippen molar-refractivity contribution in [3.63, 3.8) is 0 Å². The number of Topliss-reactive ketones (excluding diaryl/α,β-unsaturated/α-hetero) is 1. The van der Waals surface area contributed by atoms with Crippen molar-refractivity contribution in [3.8, 4) is 0 Å².